The fourth-order valence-electron chi connectivity index (χ4n) is 1.79. The topological polar surface area (TPSA) is 54.4 Å². The molecule has 100 valence electrons. The molecule has 0 amide bonds. The summed E-state index contributed by atoms with van der Waals surface area (Å²) in [5.41, 5.74) is 2.19. The number of carbonyl (C=O) groups excluding carboxylic acids is 1. The lowest BCUT2D eigenvalue weighted by molar-refractivity contribution is -0.136. The highest BCUT2D eigenvalue weighted by Gasteiger charge is 2.04. The Bertz CT molecular complexity index is 625. The molecule has 0 atom stereocenters. The normalized spacial score (nSPS) is 10.6. The van der Waals surface area contributed by atoms with Gasteiger partial charge in [0.2, 0.25) is 0 Å². The number of carbonyl (C=O) groups is 2. The summed E-state index contributed by atoms with van der Waals surface area (Å²) < 4.78 is 0. The van der Waals surface area contributed by atoms with Crippen LogP contribution >= 0.6 is 0 Å². The van der Waals surface area contributed by atoms with Crippen LogP contribution in [-0.4, -0.2) is 16.9 Å². The van der Waals surface area contributed by atoms with Crippen molar-refractivity contribution in [3.05, 3.63) is 77.4 Å². The van der Waals surface area contributed by atoms with Crippen molar-refractivity contribution in [2.24, 2.45) is 0 Å². The first kappa shape index (κ1) is 13.7. The van der Waals surface area contributed by atoms with Gasteiger partial charge in [0, 0.05) is 5.56 Å². The van der Waals surface area contributed by atoms with E-state index in [1.54, 1.807) is 30.3 Å². The average molecular weight is 266 g/mol. The zero-order valence-corrected chi connectivity index (χ0v) is 10.8. The third kappa shape index (κ3) is 3.92. The summed E-state index contributed by atoms with van der Waals surface area (Å²) >= 11 is 0. The van der Waals surface area contributed by atoms with Gasteiger partial charge in [-0.25, -0.2) is 0 Å². The number of hydrogen-bond donors (Lipinski definition) is 1. The Morgan fingerprint density at radius 1 is 0.950 bits per heavy atom. The van der Waals surface area contributed by atoms with Crippen molar-refractivity contribution in [1.29, 1.82) is 0 Å². The molecule has 3 heteroatoms. The summed E-state index contributed by atoms with van der Waals surface area (Å²) in [6, 6.07) is 16.2. The number of carboxylic acid groups (broad SMARTS) is 1. The predicted octanol–water partition coefficient (Wildman–Crippen LogP) is 3.21. The van der Waals surface area contributed by atoms with Crippen molar-refractivity contribution in [1.82, 2.24) is 0 Å². The minimum Gasteiger partial charge on any atom is -0.481 e. The highest BCUT2D eigenvalue weighted by atomic mass is 16.4. The maximum atomic E-state index is 11.9. The van der Waals surface area contributed by atoms with Gasteiger partial charge in [0.15, 0.2) is 5.78 Å². The Kier molecular flexibility index (Phi) is 4.45. The number of benzene rings is 2. The molecule has 20 heavy (non-hydrogen) atoms. The highest BCUT2D eigenvalue weighted by Crippen LogP contribution is 2.08. The zero-order chi connectivity index (χ0) is 14.4. The number of aliphatic carboxylic acids is 1. The second-order valence-corrected chi connectivity index (χ2v) is 4.38. The minimum atomic E-state index is -0.881. The van der Waals surface area contributed by atoms with Gasteiger partial charge in [-0.15, -0.1) is 0 Å². The molecule has 0 aromatic heterocycles. The molecule has 0 saturated carbocycles. The molecule has 0 heterocycles. The number of rotatable bonds is 5. The second kappa shape index (κ2) is 6.48. The van der Waals surface area contributed by atoms with Gasteiger partial charge in [0.1, 0.15) is 0 Å². The maximum Gasteiger partial charge on any atom is 0.307 e. The molecule has 0 bridgehead atoms. The molecule has 0 aliphatic heterocycles. The zero-order valence-electron chi connectivity index (χ0n) is 10.8. The molecule has 2 aromatic carbocycles. The van der Waals surface area contributed by atoms with Crippen LogP contribution in [-0.2, 0) is 11.2 Å². The van der Waals surface area contributed by atoms with E-state index >= 15 is 0 Å². The van der Waals surface area contributed by atoms with Crippen LogP contribution in [0.25, 0.3) is 6.08 Å². The van der Waals surface area contributed by atoms with Crippen LogP contribution in [0.2, 0.25) is 0 Å². The molecule has 0 saturated heterocycles. The maximum absolute atomic E-state index is 11.9. The van der Waals surface area contributed by atoms with Crippen molar-refractivity contribution in [3.8, 4) is 0 Å². The fraction of sp³-hybridized carbons (Fsp3) is 0.0588. The molecule has 2 aromatic rings. The Morgan fingerprint density at radius 3 is 2.20 bits per heavy atom. The third-order valence-electron chi connectivity index (χ3n) is 2.82. The Balaban J connectivity index is 2.06. The van der Waals surface area contributed by atoms with Crippen molar-refractivity contribution >= 4 is 17.8 Å². The van der Waals surface area contributed by atoms with E-state index in [1.165, 1.54) is 6.08 Å². The average Bonchev–Trinajstić information content (AvgIpc) is 2.46. The lowest BCUT2D eigenvalue weighted by Gasteiger charge is -1.99. The van der Waals surface area contributed by atoms with Crippen molar-refractivity contribution < 1.29 is 14.7 Å². The summed E-state index contributed by atoms with van der Waals surface area (Å²) in [6.45, 7) is 0. The van der Waals surface area contributed by atoms with E-state index in [1.807, 2.05) is 30.3 Å². The molecule has 0 radical (unpaired) electrons. The molecule has 2 rings (SSSR count). The van der Waals surface area contributed by atoms with E-state index in [-0.39, 0.29) is 12.2 Å². The van der Waals surface area contributed by atoms with E-state index < -0.39 is 5.97 Å². The van der Waals surface area contributed by atoms with Crippen LogP contribution in [0.5, 0.6) is 0 Å². The largest absolute Gasteiger partial charge is 0.481 e. The molecule has 0 aliphatic rings. The molecule has 0 spiro atoms. The Morgan fingerprint density at radius 2 is 1.60 bits per heavy atom. The summed E-state index contributed by atoms with van der Waals surface area (Å²) in [6.07, 6.45) is 3.24. The lowest BCUT2D eigenvalue weighted by Crippen LogP contribution is -2.01. The van der Waals surface area contributed by atoms with Crippen LogP contribution in [0.3, 0.4) is 0 Å². The quantitative estimate of drug-likeness (QED) is 0.668. The summed E-state index contributed by atoms with van der Waals surface area (Å²) in [7, 11) is 0. The Labute approximate surface area is 117 Å². The summed E-state index contributed by atoms with van der Waals surface area (Å²) in [4.78, 5) is 22.5. The smallest absolute Gasteiger partial charge is 0.307 e. The van der Waals surface area contributed by atoms with Crippen LogP contribution in [0.1, 0.15) is 21.5 Å². The number of carboxylic acids is 1. The number of hydrogen-bond acceptors (Lipinski definition) is 2. The van der Waals surface area contributed by atoms with Crippen molar-refractivity contribution in [2.45, 2.75) is 6.42 Å². The van der Waals surface area contributed by atoms with Crippen LogP contribution < -0.4 is 0 Å². The van der Waals surface area contributed by atoms with Gasteiger partial charge >= 0.3 is 5.97 Å². The minimum absolute atomic E-state index is 0.0334. The second-order valence-electron chi connectivity index (χ2n) is 4.38. The molecule has 0 aliphatic carbocycles. The lowest BCUT2D eigenvalue weighted by atomic mass is 10.1. The number of ketones is 1. The first-order valence-electron chi connectivity index (χ1n) is 6.23. The summed E-state index contributed by atoms with van der Waals surface area (Å²) in [5.74, 6) is -0.983. The molecule has 0 unspecified atom stereocenters. The van der Waals surface area contributed by atoms with Gasteiger partial charge < -0.3 is 5.11 Å². The van der Waals surface area contributed by atoms with E-state index in [4.69, 9.17) is 5.11 Å². The Hall–Kier alpha value is -2.68. The van der Waals surface area contributed by atoms with E-state index in [0.717, 1.165) is 5.56 Å². The van der Waals surface area contributed by atoms with Gasteiger partial charge in [-0.1, -0.05) is 60.7 Å². The van der Waals surface area contributed by atoms with Gasteiger partial charge in [-0.2, -0.15) is 0 Å². The SMILES string of the molecule is O=C(O)Cc1ccc(C(=O)C=Cc2ccccc2)cc1. The van der Waals surface area contributed by atoms with Gasteiger partial charge in [0.25, 0.3) is 0 Å². The molecule has 0 fully saturated rings. The van der Waals surface area contributed by atoms with E-state index in [0.29, 0.717) is 11.1 Å². The molecular formula is C17H14O3. The fourth-order valence-corrected chi connectivity index (χ4v) is 1.79. The van der Waals surface area contributed by atoms with Gasteiger partial charge in [-0.3, -0.25) is 9.59 Å². The first-order valence-corrected chi connectivity index (χ1v) is 6.23. The molecular weight excluding hydrogens is 252 g/mol. The van der Waals surface area contributed by atoms with Crippen LogP contribution in [0.4, 0.5) is 0 Å². The highest BCUT2D eigenvalue weighted by molar-refractivity contribution is 6.06. The van der Waals surface area contributed by atoms with Crippen LogP contribution in [0.15, 0.2) is 60.7 Å². The predicted molar refractivity (Wildman–Crippen MR) is 77.6 cm³/mol. The van der Waals surface area contributed by atoms with E-state index in [9.17, 15) is 9.59 Å². The van der Waals surface area contributed by atoms with Crippen molar-refractivity contribution in [3.63, 3.8) is 0 Å². The van der Waals surface area contributed by atoms with Gasteiger partial charge in [-0.05, 0) is 17.2 Å². The van der Waals surface area contributed by atoms with Crippen LogP contribution in [0, 0.1) is 0 Å². The standard InChI is InChI=1S/C17H14O3/c18-16(11-8-13-4-2-1-3-5-13)15-9-6-14(7-10-15)12-17(19)20/h1-11H,12H2,(H,19,20). The molecule has 1 N–H and O–H groups in total. The monoisotopic (exact) mass is 266 g/mol. The first-order chi connectivity index (χ1) is 9.65. The van der Waals surface area contributed by atoms with Gasteiger partial charge in [0.05, 0.1) is 6.42 Å². The summed E-state index contributed by atoms with van der Waals surface area (Å²) in [5, 5.41) is 8.68. The molecule has 3 nitrogen and oxygen atoms in total. The van der Waals surface area contributed by atoms with E-state index in [2.05, 4.69) is 0 Å². The number of allylic oxidation sites excluding steroid dienone is 1. The third-order valence-corrected chi connectivity index (χ3v) is 2.82. The van der Waals surface area contributed by atoms with Crippen molar-refractivity contribution in [2.75, 3.05) is 0 Å².